The van der Waals surface area contributed by atoms with Gasteiger partial charge in [0.25, 0.3) is 0 Å². The van der Waals surface area contributed by atoms with E-state index in [0.717, 1.165) is 45.4 Å². The van der Waals surface area contributed by atoms with E-state index in [1.165, 1.54) is 5.56 Å². The number of aromatic nitrogens is 3. The zero-order valence-electron chi connectivity index (χ0n) is 17.4. The topological polar surface area (TPSA) is 70.2 Å². The minimum atomic E-state index is -0.336. The molecular formula is C23H23N3O3S. The third-order valence-electron chi connectivity index (χ3n) is 5.18. The quantitative estimate of drug-likeness (QED) is 0.323. The lowest BCUT2D eigenvalue weighted by atomic mass is 10.0. The molecule has 0 aliphatic rings. The van der Waals surface area contributed by atoms with Gasteiger partial charge in [0, 0.05) is 29.3 Å². The number of methoxy groups -OCH3 is 1. The maximum Gasteiger partial charge on any atom is 0.336 e. The third-order valence-corrected chi connectivity index (χ3v) is 6.20. The van der Waals surface area contributed by atoms with Gasteiger partial charge in [-0.15, -0.1) is 10.2 Å². The SMILES string of the molecule is CCn1c(SCc2cc(=O)oc3cc(C)c(C)cc23)nnc1-c1ccc(OC)cc1. The average Bonchev–Trinajstić information content (AvgIpc) is 3.16. The van der Waals surface area contributed by atoms with Gasteiger partial charge in [-0.25, -0.2) is 4.79 Å². The molecule has 4 aromatic rings. The number of hydrogen-bond donors (Lipinski definition) is 0. The summed E-state index contributed by atoms with van der Waals surface area (Å²) in [6.45, 7) is 6.89. The van der Waals surface area contributed by atoms with Crippen molar-refractivity contribution in [1.82, 2.24) is 14.8 Å². The number of ether oxygens (including phenoxy) is 1. The minimum absolute atomic E-state index is 0.336. The fourth-order valence-electron chi connectivity index (χ4n) is 3.38. The molecule has 0 unspecified atom stereocenters. The Bertz CT molecular complexity index is 1260. The lowest BCUT2D eigenvalue weighted by Gasteiger charge is -2.10. The fraction of sp³-hybridized carbons (Fsp3) is 0.261. The Hall–Kier alpha value is -3.06. The van der Waals surface area contributed by atoms with Gasteiger partial charge >= 0.3 is 5.63 Å². The molecule has 0 bridgehead atoms. The van der Waals surface area contributed by atoms with Gasteiger partial charge in [0.15, 0.2) is 11.0 Å². The number of rotatable bonds is 6. The van der Waals surface area contributed by atoms with Crippen LogP contribution in [0.2, 0.25) is 0 Å². The van der Waals surface area contributed by atoms with Gasteiger partial charge in [0.05, 0.1) is 7.11 Å². The predicted molar refractivity (Wildman–Crippen MR) is 119 cm³/mol. The van der Waals surface area contributed by atoms with Crippen LogP contribution in [0.5, 0.6) is 5.75 Å². The molecule has 0 atom stereocenters. The number of benzene rings is 2. The molecule has 0 N–H and O–H groups in total. The van der Waals surface area contributed by atoms with Crippen molar-refractivity contribution in [2.75, 3.05) is 7.11 Å². The first-order valence-corrected chi connectivity index (χ1v) is 10.7. The van der Waals surface area contributed by atoms with Gasteiger partial charge in [-0.2, -0.15) is 0 Å². The minimum Gasteiger partial charge on any atom is -0.497 e. The summed E-state index contributed by atoms with van der Waals surface area (Å²) in [5.74, 6) is 2.22. The van der Waals surface area contributed by atoms with E-state index < -0.39 is 0 Å². The van der Waals surface area contributed by atoms with E-state index >= 15 is 0 Å². The summed E-state index contributed by atoms with van der Waals surface area (Å²) >= 11 is 1.57. The molecule has 0 aliphatic heterocycles. The number of hydrogen-bond acceptors (Lipinski definition) is 6. The van der Waals surface area contributed by atoms with E-state index in [9.17, 15) is 4.79 Å². The molecule has 0 amide bonds. The van der Waals surface area contributed by atoms with Gasteiger partial charge < -0.3 is 13.7 Å². The largest absolute Gasteiger partial charge is 0.497 e. The lowest BCUT2D eigenvalue weighted by Crippen LogP contribution is -2.02. The highest BCUT2D eigenvalue weighted by atomic mass is 32.2. The van der Waals surface area contributed by atoms with E-state index in [1.54, 1.807) is 24.9 Å². The van der Waals surface area contributed by atoms with Crippen molar-refractivity contribution in [2.24, 2.45) is 0 Å². The van der Waals surface area contributed by atoms with Crippen LogP contribution in [0.4, 0.5) is 0 Å². The number of aryl methyl sites for hydroxylation is 2. The molecule has 0 aliphatic carbocycles. The normalized spacial score (nSPS) is 11.2. The van der Waals surface area contributed by atoms with Crippen LogP contribution in [0.1, 0.15) is 23.6 Å². The molecule has 0 spiro atoms. The Morgan fingerprint density at radius 1 is 1.07 bits per heavy atom. The van der Waals surface area contributed by atoms with Gasteiger partial charge in [-0.3, -0.25) is 0 Å². The van der Waals surface area contributed by atoms with Crippen LogP contribution < -0.4 is 10.4 Å². The zero-order valence-corrected chi connectivity index (χ0v) is 18.2. The Morgan fingerprint density at radius 3 is 2.50 bits per heavy atom. The molecule has 154 valence electrons. The molecule has 4 rings (SSSR count). The third kappa shape index (κ3) is 3.85. The Labute approximate surface area is 178 Å². The highest BCUT2D eigenvalue weighted by Gasteiger charge is 2.15. The van der Waals surface area contributed by atoms with E-state index in [1.807, 2.05) is 37.3 Å². The van der Waals surface area contributed by atoms with Crippen LogP contribution in [0.15, 0.2) is 56.8 Å². The van der Waals surface area contributed by atoms with Crippen LogP contribution in [0.3, 0.4) is 0 Å². The van der Waals surface area contributed by atoms with Crippen LogP contribution >= 0.6 is 11.8 Å². The molecule has 0 fully saturated rings. The van der Waals surface area contributed by atoms with E-state index in [2.05, 4.69) is 34.7 Å². The van der Waals surface area contributed by atoms with E-state index in [4.69, 9.17) is 9.15 Å². The summed E-state index contributed by atoms with van der Waals surface area (Å²) in [5, 5.41) is 10.6. The maximum absolute atomic E-state index is 12.1. The predicted octanol–water partition coefficient (Wildman–Crippen LogP) is 4.99. The van der Waals surface area contributed by atoms with Crippen molar-refractivity contribution in [2.45, 2.75) is 38.2 Å². The van der Waals surface area contributed by atoms with Crippen molar-refractivity contribution in [1.29, 1.82) is 0 Å². The fourth-order valence-corrected chi connectivity index (χ4v) is 4.37. The molecule has 0 saturated carbocycles. The second-order valence-electron chi connectivity index (χ2n) is 7.09. The highest BCUT2D eigenvalue weighted by molar-refractivity contribution is 7.98. The van der Waals surface area contributed by atoms with Crippen molar-refractivity contribution in [3.63, 3.8) is 0 Å². The summed E-state index contributed by atoms with van der Waals surface area (Å²) in [4.78, 5) is 12.1. The highest BCUT2D eigenvalue weighted by Crippen LogP contribution is 2.30. The summed E-state index contributed by atoms with van der Waals surface area (Å²) < 4.78 is 12.7. The second-order valence-corrected chi connectivity index (χ2v) is 8.03. The monoisotopic (exact) mass is 421 g/mol. The second kappa shape index (κ2) is 8.36. The van der Waals surface area contributed by atoms with Gasteiger partial charge in [-0.05, 0) is 73.9 Å². The van der Waals surface area contributed by atoms with Gasteiger partial charge in [-0.1, -0.05) is 11.8 Å². The molecule has 2 aromatic carbocycles. The van der Waals surface area contributed by atoms with E-state index in [0.29, 0.717) is 11.3 Å². The first kappa shape index (κ1) is 20.2. The van der Waals surface area contributed by atoms with Crippen LogP contribution in [-0.2, 0) is 12.3 Å². The van der Waals surface area contributed by atoms with Gasteiger partial charge in [0.1, 0.15) is 11.3 Å². The summed E-state index contributed by atoms with van der Waals surface area (Å²) in [7, 11) is 1.65. The molecule has 0 saturated heterocycles. The van der Waals surface area contributed by atoms with Crippen LogP contribution in [-0.4, -0.2) is 21.9 Å². The molecular weight excluding hydrogens is 398 g/mol. The van der Waals surface area contributed by atoms with Crippen molar-refractivity contribution in [3.8, 4) is 17.1 Å². The molecule has 30 heavy (non-hydrogen) atoms. The summed E-state index contributed by atoms with van der Waals surface area (Å²) in [6, 6.07) is 13.4. The number of nitrogens with zero attached hydrogens (tertiary/aromatic N) is 3. The Balaban J connectivity index is 1.65. The molecule has 0 radical (unpaired) electrons. The maximum atomic E-state index is 12.1. The van der Waals surface area contributed by atoms with E-state index in [-0.39, 0.29) is 5.63 Å². The number of fused-ring (bicyclic) bond motifs is 1. The molecule has 2 heterocycles. The first-order chi connectivity index (χ1) is 14.5. The van der Waals surface area contributed by atoms with Crippen molar-refractivity contribution < 1.29 is 9.15 Å². The molecule has 2 aromatic heterocycles. The summed E-state index contributed by atoms with van der Waals surface area (Å²) in [6.07, 6.45) is 0. The molecule has 7 heteroatoms. The average molecular weight is 422 g/mol. The van der Waals surface area contributed by atoms with Crippen LogP contribution in [0.25, 0.3) is 22.4 Å². The lowest BCUT2D eigenvalue weighted by molar-refractivity contribution is 0.415. The Morgan fingerprint density at radius 2 is 1.80 bits per heavy atom. The first-order valence-electron chi connectivity index (χ1n) is 9.74. The smallest absolute Gasteiger partial charge is 0.336 e. The van der Waals surface area contributed by atoms with Gasteiger partial charge in [0.2, 0.25) is 0 Å². The standard InChI is InChI=1S/C23H23N3O3S/c1-5-26-22(16-6-8-18(28-4)9-7-16)24-25-23(26)30-13-17-12-21(27)29-20-11-15(3)14(2)10-19(17)20/h6-12H,5,13H2,1-4H3. The van der Waals surface area contributed by atoms with Crippen molar-refractivity contribution in [3.05, 3.63) is 69.6 Å². The number of thioether (sulfide) groups is 1. The van der Waals surface area contributed by atoms with Crippen LogP contribution in [0, 0.1) is 13.8 Å². The van der Waals surface area contributed by atoms with Crippen molar-refractivity contribution >= 4 is 22.7 Å². The molecule has 6 nitrogen and oxygen atoms in total. The summed E-state index contributed by atoms with van der Waals surface area (Å²) in [5.41, 5.74) is 4.47. The Kier molecular flexibility index (Phi) is 5.63. The zero-order chi connectivity index (χ0) is 21.3.